The van der Waals surface area contributed by atoms with Crippen LogP contribution in [0, 0.1) is 0 Å². The Morgan fingerprint density at radius 3 is 2.26 bits per heavy atom. The number of amides is 2. The van der Waals surface area contributed by atoms with E-state index in [9.17, 15) is 9.59 Å². The van der Waals surface area contributed by atoms with Crippen LogP contribution in [0.5, 0.6) is 0 Å². The van der Waals surface area contributed by atoms with E-state index in [1.807, 2.05) is 19.3 Å². The second kappa shape index (κ2) is 5.39. The fraction of sp³-hybridized carbons (Fsp3) is 0.143. The van der Waals surface area contributed by atoms with Crippen LogP contribution in [0.15, 0.2) is 42.6 Å². The summed E-state index contributed by atoms with van der Waals surface area (Å²) >= 11 is 0. The Morgan fingerprint density at radius 1 is 1.05 bits per heavy atom. The van der Waals surface area contributed by atoms with Crippen LogP contribution in [0.4, 0.5) is 5.69 Å². The van der Waals surface area contributed by atoms with Gasteiger partial charge in [0.2, 0.25) is 0 Å². The van der Waals surface area contributed by atoms with Gasteiger partial charge in [-0.05, 0) is 36.4 Å². The minimum Gasteiger partial charge on any atom is -0.355 e. The first kappa shape index (κ1) is 12.9. The number of anilines is 1. The Bertz CT molecular complexity index is 599. The molecule has 0 saturated carbocycles. The molecule has 5 heteroatoms. The highest BCUT2D eigenvalue weighted by molar-refractivity contribution is 6.03. The Morgan fingerprint density at radius 2 is 1.74 bits per heavy atom. The van der Waals surface area contributed by atoms with Crippen LogP contribution in [-0.2, 0) is 7.05 Å². The summed E-state index contributed by atoms with van der Waals surface area (Å²) in [5, 5.41) is 5.32. The zero-order valence-corrected chi connectivity index (χ0v) is 10.8. The minimum absolute atomic E-state index is 0.152. The van der Waals surface area contributed by atoms with Crippen molar-refractivity contribution < 1.29 is 9.59 Å². The first-order valence-corrected chi connectivity index (χ1v) is 5.86. The summed E-state index contributed by atoms with van der Waals surface area (Å²) in [6.45, 7) is 0. The molecule has 0 aliphatic heterocycles. The Balaban J connectivity index is 2.10. The van der Waals surface area contributed by atoms with Crippen molar-refractivity contribution in [3.8, 4) is 0 Å². The monoisotopic (exact) mass is 257 g/mol. The summed E-state index contributed by atoms with van der Waals surface area (Å²) < 4.78 is 1.74. The fourth-order valence-electron chi connectivity index (χ4n) is 1.74. The second-order valence-corrected chi connectivity index (χ2v) is 4.11. The molecule has 0 saturated heterocycles. The van der Waals surface area contributed by atoms with E-state index in [0.29, 0.717) is 16.9 Å². The van der Waals surface area contributed by atoms with Gasteiger partial charge in [0, 0.05) is 31.5 Å². The number of nitrogens with one attached hydrogen (secondary N) is 2. The number of carbonyl (C=O) groups is 2. The van der Waals surface area contributed by atoms with Gasteiger partial charge in [-0.1, -0.05) is 0 Å². The van der Waals surface area contributed by atoms with Crippen LogP contribution < -0.4 is 10.6 Å². The standard InChI is InChI=1S/C14H15N3O2/c1-15-13(18)10-5-7-11(8-6-10)16-14(19)12-4-3-9-17(12)2/h3-9H,1-2H3,(H,15,18)(H,16,19). The highest BCUT2D eigenvalue weighted by Gasteiger charge is 2.09. The molecule has 0 bridgehead atoms. The lowest BCUT2D eigenvalue weighted by Gasteiger charge is -2.07. The normalized spacial score (nSPS) is 10.0. The summed E-state index contributed by atoms with van der Waals surface area (Å²) in [4.78, 5) is 23.3. The van der Waals surface area contributed by atoms with Crippen molar-refractivity contribution in [2.24, 2.45) is 7.05 Å². The zero-order valence-electron chi connectivity index (χ0n) is 10.8. The third-order valence-corrected chi connectivity index (χ3v) is 2.81. The number of aryl methyl sites for hydroxylation is 1. The van der Waals surface area contributed by atoms with E-state index in [0.717, 1.165) is 0 Å². The summed E-state index contributed by atoms with van der Waals surface area (Å²) in [6.07, 6.45) is 1.81. The molecule has 2 N–H and O–H groups in total. The molecule has 19 heavy (non-hydrogen) atoms. The topological polar surface area (TPSA) is 63.1 Å². The van der Waals surface area contributed by atoms with Crippen LogP contribution in [0.2, 0.25) is 0 Å². The number of rotatable bonds is 3. The number of hydrogen-bond acceptors (Lipinski definition) is 2. The van der Waals surface area contributed by atoms with E-state index < -0.39 is 0 Å². The molecule has 1 heterocycles. The van der Waals surface area contributed by atoms with Crippen LogP contribution >= 0.6 is 0 Å². The maximum atomic E-state index is 12.0. The summed E-state index contributed by atoms with van der Waals surface area (Å²) in [5.41, 5.74) is 1.79. The molecule has 0 fully saturated rings. The number of hydrogen-bond donors (Lipinski definition) is 2. The molecule has 0 aliphatic carbocycles. The average Bonchev–Trinajstić information content (AvgIpc) is 2.85. The molecule has 1 aromatic carbocycles. The van der Waals surface area contributed by atoms with Gasteiger partial charge in [0.25, 0.3) is 11.8 Å². The number of aromatic nitrogens is 1. The van der Waals surface area contributed by atoms with Crippen molar-refractivity contribution >= 4 is 17.5 Å². The van der Waals surface area contributed by atoms with Crippen LogP contribution in [0.1, 0.15) is 20.8 Å². The van der Waals surface area contributed by atoms with E-state index in [2.05, 4.69) is 10.6 Å². The summed E-state index contributed by atoms with van der Waals surface area (Å²) in [7, 11) is 3.39. The predicted octanol–water partition coefficient (Wildman–Crippen LogP) is 1.64. The third-order valence-electron chi connectivity index (χ3n) is 2.81. The van der Waals surface area contributed by atoms with Crippen molar-refractivity contribution in [3.05, 3.63) is 53.9 Å². The lowest BCUT2D eigenvalue weighted by Crippen LogP contribution is -2.18. The summed E-state index contributed by atoms with van der Waals surface area (Å²) in [5.74, 6) is -0.333. The van der Waals surface area contributed by atoms with E-state index in [1.165, 1.54) is 0 Å². The Hall–Kier alpha value is -2.56. The Kier molecular flexibility index (Phi) is 3.66. The lowest BCUT2D eigenvalue weighted by molar-refractivity contribution is 0.0962. The minimum atomic E-state index is -0.180. The fourth-order valence-corrected chi connectivity index (χ4v) is 1.74. The van der Waals surface area contributed by atoms with Gasteiger partial charge in [-0.3, -0.25) is 9.59 Å². The molecule has 2 amide bonds. The molecule has 98 valence electrons. The molecular formula is C14H15N3O2. The van der Waals surface area contributed by atoms with Crippen molar-refractivity contribution in [1.29, 1.82) is 0 Å². The molecule has 0 spiro atoms. The van der Waals surface area contributed by atoms with Crippen molar-refractivity contribution in [2.45, 2.75) is 0 Å². The van der Waals surface area contributed by atoms with Gasteiger partial charge in [0.05, 0.1) is 0 Å². The third kappa shape index (κ3) is 2.82. The predicted molar refractivity (Wildman–Crippen MR) is 73.2 cm³/mol. The average molecular weight is 257 g/mol. The van der Waals surface area contributed by atoms with Gasteiger partial charge in [0.15, 0.2) is 0 Å². The Labute approximate surface area is 111 Å². The van der Waals surface area contributed by atoms with E-state index in [4.69, 9.17) is 0 Å². The van der Waals surface area contributed by atoms with Crippen molar-refractivity contribution in [2.75, 3.05) is 12.4 Å². The molecule has 5 nitrogen and oxygen atoms in total. The molecular weight excluding hydrogens is 242 g/mol. The van der Waals surface area contributed by atoms with Gasteiger partial charge in [-0.15, -0.1) is 0 Å². The molecule has 0 atom stereocenters. The second-order valence-electron chi connectivity index (χ2n) is 4.11. The number of carbonyl (C=O) groups excluding carboxylic acids is 2. The van der Waals surface area contributed by atoms with E-state index >= 15 is 0 Å². The van der Waals surface area contributed by atoms with Crippen LogP contribution in [0.25, 0.3) is 0 Å². The maximum absolute atomic E-state index is 12.0. The molecule has 1 aromatic heterocycles. The van der Waals surface area contributed by atoms with Gasteiger partial charge < -0.3 is 15.2 Å². The van der Waals surface area contributed by atoms with E-state index in [-0.39, 0.29) is 11.8 Å². The van der Waals surface area contributed by atoms with Crippen LogP contribution in [0.3, 0.4) is 0 Å². The molecule has 0 radical (unpaired) electrons. The zero-order chi connectivity index (χ0) is 13.8. The van der Waals surface area contributed by atoms with Gasteiger partial charge in [-0.25, -0.2) is 0 Å². The van der Waals surface area contributed by atoms with Gasteiger partial charge >= 0.3 is 0 Å². The highest BCUT2D eigenvalue weighted by Crippen LogP contribution is 2.11. The van der Waals surface area contributed by atoms with Gasteiger partial charge in [0.1, 0.15) is 5.69 Å². The van der Waals surface area contributed by atoms with E-state index in [1.54, 1.807) is 41.9 Å². The van der Waals surface area contributed by atoms with Crippen molar-refractivity contribution in [3.63, 3.8) is 0 Å². The van der Waals surface area contributed by atoms with Crippen molar-refractivity contribution in [1.82, 2.24) is 9.88 Å². The maximum Gasteiger partial charge on any atom is 0.272 e. The quantitative estimate of drug-likeness (QED) is 0.878. The SMILES string of the molecule is CNC(=O)c1ccc(NC(=O)c2cccn2C)cc1. The first-order valence-electron chi connectivity index (χ1n) is 5.86. The highest BCUT2D eigenvalue weighted by atomic mass is 16.2. The molecule has 2 aromatic rings. The lowest BCUT2D eigenvalue weighted by atomic mass is 10.2. The first-order chi connectivity index (χ1) is 9.11. The smallest absolute Gasteiger partial charge is 0.272 e. The number of benzene rings is 1. The summed E-state index contributed by atoms with van der Waals surface area (Å²) in [6, 6.07) is 10.3. The van der Waals surface area contributed by atoms with Gasteiger partial charge in [-0.2, -0.15) is 0 Å². The molecule has 0 aliphatic rings. The largest absolute Gasteiger partial charge is 0.355 e. The molecule has 2 rings (SSSR count). The molecule has 0 unspecified atom stereocenters. The van der Waals surface area contributed by atoms with Crippen LogP contribution in [-0.4, -0.2) is 23.4 Å². The number of nitrogens with zero attached hydrogens (tertiary/aromatic N) is 1.